The van der Waals surface area contributed by atoms with Gasteiger partial charge in [-0.25, -0.2) is 4.98 Å². The summed E-state index contributed by atoms with van der Waals surface area (Å²) in [6.07, 6.45) is 6.16. The van der Waals surface area contributed by atoms with E-state index in [2.05, 4.69) is 246 Å². The van der Waals surface area contributed by atoms with Crippen LogP contribution in [0.2, 0.25) is 0 Å². The fourth-order valence-electron chi connectivity index (χ4n) is 9.66. The maximum Gasteiger partial charge on any atom is 0.136 e. The molecule has 2 aromatic heterocycles. The van der Waals surface area contributed by atoms with Gasteiger partial charge in [0.15, 0.2) is 0 Å². The topological polar surface area (TPSA) is 33.5 Å². The Bertz CT molecular complexity index is 3150. The van der Waals surface area contributed by atoms with Gasteiger partial charge in [-0.2, -0.15) is 12.1 Å². The van der Waals surface area contributed by atoms with Crippen LogP contribution >= 0.6 is 0 Å². The smallest absolute Gasteiger partial charge is 0.136 e. The second-order valence-electron chi connectivity index (χ2n) is 22.6. The van der Waals surface area contributed by atoms with Crippen molar-refractivity contribution in [3.05, 3.63) is 198 Å². The van der Waals surface area contributed by atoms with Crippen LogP contribution in [0, 0.1) is 18.8 Å². The third kappa shape index (κ3) is 9.89. The van der Waals surface area contributed by atoms with Crippen LogP contribution in [0.3, 0.4) is 0 Å². The third-order valence-electron chi connectivity index (χ3n) is 14.1. The van der Waals surface area contributed by atoms with Gasteiger partial charge < -0.3 is 19.1 Å². The summed E-state index contributed by atoms with van der Waals surface area (Å²) in [5.74, 6) is 3.17. The van der Waals surface area contributed by atoms with E-state index in [-0.39, 0.29) is 37.3 Å². The molecule has 5 nitrogen and oxygen atoms in total. The van der Waals surface area contributed by atoms with Crippen LogP contribution in [0.25, 0.3) is 38.8 Å². The van der Waals surface area contributed by atoms with Crippen LogP contribution in [0.1, 0.15) is 154 Å². The molecule has 1 aliphatic rings. The fraction of sp³-hybridized carbons (Fsp3) is 0.312. The summed E-state index contributed by atoms with van der Waals surface area (Å²) < 4.78 is 9.00. The van der Waals surface area contributed by atoms with Crippen molar-refractivity contribution in [2.75, 3.05) is 9.80 Å². The van der Waals surface area contributed by atoms with Crippen molar-refractivity contribution >= 4 is 33.2 Å². The first-order chi connectivity index (χ1) is 32.7. The average molecular weight is 1110 g/mol. The van der Waals surface area contributed by atoms with E-state index in [1.165, 1.54) is 50.1 Å². The molecular weight excluding hydrogens is 1040 g/mol. The molecule has 0 spiro atoms. The van der Waals surface area contributed by atoms with E-state index in [0.717, 1.165) is 39.0 Å². The second kappa shape index (κ2) is 19.4. The van der Waals surface area contributed by atoms with E-state index in [4.69, 9.17) is 9.72 Å². The SMILES string of the molecule is CC(C)c1cc(C(C)C)c(-c2ccnc(-n3c4[c-]c(Oc5[c-]c(N6C=CN(c7cc(C(C)(C)C)cc(C(C)(C)C)c7)[CH-]6)ccc5)ccc4c4ccc(C(C)(C)c5ccccc5)cc43)c2)c(C(C)C)c1.[Pt]. The van der Waals surface area contributed by atoms with Crippen molar-refractivity contribution in [3.63, 3.8) is 0 Å². The van der Waals surface area contributed by atoms with Crippen molar-refractivity contribution < 1.29 is 25.8 Å². The Kier molecular flexibility index (Phi) is 14.0. The zero-order valence-electron chi connectivity index (χ0n) is 43.6. The van der Waals surface area contributed by atoms with Gasteiger partial charge in [-0.3, -0.25) is 0 Å². The Morgan fingerprint density at radius 1 is 0.557 bits per heavy atom. The minimum Gasteiger partial charge on any atom is -0.509 e. The number of hydrogen-bond acceptors (Lipinski definition) is 4. The number of anilines is 2. The summed E-state index contributed by atoms with van der Waals surface area (Å²) in [5, 5.41) is 2.22. The van der Waals surface area contributed by atoms with Crippen LogP contribution in [0.15, 0.2) is 140 Å². The first kappa shape index (κ1) is 50.5. The van der Waals surface area contributed by atoms with E-state index < -0.39 is 0 Å². The number of pyridine rings is 1. The predicted molar refractivity (Wildman–Crippen MR) is 291 cm³/mol. The minimum absolute atomic E-state index is 0. The monoisotopic (exact) mass is 1100 g/mol. The summed E-state index contributed by atoms with van der Waals surface area (Å²) in [7, 11) is 0. The zero-order valence-corrected chi connectivity index (χ0v) is 45.9. The van der Waals surface area contributed by atoms with E-state index in [9.17, 15) is 0 Å². The molecule has 0 N–H and O–H groups in total. The number of rotatable bonds is 11. The molecule has 0 amide bonds. The Hall–Kier alpha value is -5.90. The van der Waals surface area contributed by atoms with Crippen LogP contribution in [0.4, 0.5) is 11.4 Å². The van der Waals surface area contributed by atoms with Crippen molar-refractivity contribution in [1.29, 1.82) is 0 Å². The quantitative estimate of drug-likeness (QED) is 0.121. The number of ether oxygens (including phenoxy) is 1. The molecule has 1 aliphatic heterocycles. The van der Waals surface area contributed by atoms with Gasteiger partial charge in [0.1, 0.15) is 5.82 Å². The maximum absolute atomic E-state index is 6.71. The molecule has 6 aromatic carbocycles. The van der Waals surface area contributed by atoms with Crippen molar-refractivity contribution in [2.45, 2.75) is 131 Å². The molecule has 8 aromatic rings. The van der Waals surface area contributed by atoms with E-state index in [1.807, 2.05) is 24.4 Å². The van der Waals surface area contributed by atoms with Gasteiger partial charge in [-0.05, 0) is 127 Å². The molecule has 0 atom stereocenters. The first-order valence-electron chi connectivity index (χ1n) is 24.8. The molecule has 9 rings (SSSR count). The molecule has 0 aliphatic carbocycles. The summed E-state index contributed by atoms with van der Waals surface area (Å²) in [6.45, 7) is 34.2. The molecule has 0 radical (unpaired) electrons. The van der Waals surface area contributed by atoms with Crippen LogP contribution in [-0.4, -0.2) is 9.55 Å². The first-order valence-corrected chi connectivity index (χ1v) is 24.8. The molecular formula is C64H69N4OPt-3. The Morgan fingerprint density at radius 3 is 1.81 bits per heavy atom. The summed E-state index contributed by atoms with van der Waals surface area (Å²) in [5.41, 5.74) is 15.5. The molecule has 0 fully saturated rings. The third-order valence-corrected chi connectivity index (χ3v) is 14.1. The van der Waals surface area contributed by atoms with E-state index in [0.29, 0.717) is 29.3 Å². The summed E-state index contributed by atoms with van der Waals surface area (Å²) >= 11 is 0. The average Bonchev–Trinajstić information content (AvgIpc) is 3.94. The number of aromatic nitrogens is 2. The van der Waals surface area contributed by atoms with Crippen molar-refractivity contribution in [3.8, 4) is 28.4 Å². The molecule has 70 heavy (non-hydrogen) atoms. The normalized spacial score (nSPS) is 13.4. The fourth-order valence-corrected chi connectivity index (χ4v) is 9.66. The number of nitrogens with zero attached hydrogens (tertiary/aromatic N) is 4. The van der Waals surface area contributed by atoms with Gasteiger partial charge >= 0.3 is 0 Å². The molecule has 3 heterocycles. The van der Waals surface area contributed by atoms with E-state index >= 15 is 0 Å². The number of fused-ring (bicyclic) bond motifs is 3. The Balaban J connectivity index is 0.00000659. The van der Waals surface area contributed by atoms with Crippen LogP contribution < -0.4 is 14.5 Å². The molecule has 0 bridgehead atoms. The number of benzene rings is 6. The predicted octanol–water partition coefficient (Wildman–Crippen LogP) is 17.4. The second-order valence-corrected chi connectivity index (χ2v) is 22.6. The molecule has 0 saturated heterocycles. The van der Waals surface area contributed by atoms with Gasteiger partial charge in [0.2, 0.25) is 0 Å². The van der Waals surface area contributed by atoms with Gasteiger partial charge in [0, 0.05) is 55.4 Å². The Morgan fingerprint density at radius 2 is 1.19 bits per heavy atom. The van der Waals surface area contributed by atoms with Crippen molar-refractivity contribution in [2.24, 2.45) is 0 Å². The summed E-state index contributed by atoms with van der Waals surface area (Å²) in [6, 6.07) is 51.5. The van der Waals surface area contributed by atoms with Gasteiger partial charge in [-0.1, -0.05) is 163 Å². The Labute approximate surface area is 432 Å². The zero-order chi connectivity index (χ0) is 49.2. The molecule has 6 heteroatoms. The molecule has 364 valence electrons. The van der Waals surface area contributed by atoms with Gasteiger partial charge in [0.05, 0.1) is 0 Å². The van der Waals surface area contributed by atoms with Crippen LogP contribution in [-0.2, 0) is 37.3 Å². The van der Waals surface area contributed by atoms with Crippen LogP contribution in [0.5, 0.6) is 11.5 Å². The van der Waals surface area contributed by atoms with Crippen molar-refractivity contribution in [1.82, 2.24) is 9.55 Å². The maximum atomic E-state index is 6.71. The largest absolute Gasteiger partial charge is 0.509 e. The van der Waals surface area contributed by atoms with E-state index in [1.54, 1.807) is 0 Å². The minimum atomic E-state index is -0.244. The summed E-state index contributed by atoms with van der Waals surface area (Å²) in [4.78, 5) is 9.44. The van der Waals surface area contributed by atoms with Gasteiger partial charge in [0.25, 0.3) is 0 Å². The standard InChI is InChI=1S/C64H69N4O.Pt/c1-41(2)45-31-56(42(3)4)61(57(32-45)43(5)6)44-27-28-65-60(33-44)68-58-37-47(64(13,14)46-19-16-15-17-20-46)23-25-54(58)55-26-24-53(39-59(55)68)69-52-22-18-21-50(38-52)66-29-30-67(40-66)51-35-48(62(7,8)9)34-49(36-51)63(10,11)12;/h15-37,40-43H,1-14H3;/q-3;. The molecule has 0 unspecified atom stereocenters. The number of hydrogen-bond donors (Lipinski definition) is 0. The molecule has 0 saturated carbocycles. The van der Waals surface area contributed by atoms with Gasteiger partial charge in [-0.15, -0.1) is 48.1 Å².